The van der Waals surface area contributed by atoms with E-state index in [9.17, 15) is 4.79 Å². The Labute approximate surface area is 137 Å². The average molecular weight is 311 g/mol. The second-order valence-corrected chi connectivity index (χ2v) is 6.40. The summed E-state index contributed by atoms with van der Waals surface area (Å²) in [6.07, 6.45) is 5.99. The highest BCUT2D eigenvalue weighted by Crippen LogP contribution is 2.32. The smallest absolute Gasteiger partial charge is 0.226 e. The maximum atomic E-state index is 12.7. The molecule has 1 aromatic heterocycles. The van der Waals surface area contributed by atoms with Crippen LogP contribution in [-0.2, 0) is 4.79 Å². The van der Waals surface area contributed by atoms with Crippen molar-refractivity contribution in [2.45, 2.75) is 45.6 Å². The Hall–Kier alpha value is -2.10. The molecule has 122 valence electrons. The summed E-state index contributed by atoms with van der Waals surface area (Å²) in [5.41, 5.74) is 2.14. The van der Waals surface area contributed by atoms with E-state index in [0.29, 0.717) is 0 Å². The van der Waals surface area contributed by atoms with Crippen molar-refractivity contribution in [3.63, 3.8) is 0 Å². The van der Waals surface area contributed by atoms with Gasteiger partial charge in [0.15, 0.2) is 0 Å². The summed E-state index contributed by atoms with van der Waals surface area (Å²) in [5, 5.41) is 0. The van der Waals surface area contributed by atoms with Gasteiger partial charge in [0.25, 0.3) is 0 Å². The van der Waals surface area contributed by atoms with Crippen LogP contribution in [0, 0.1) is 5.92 Å². The fourth-order valence-corrected chi connectivity index (χ4v) is 3.21. The minimum Gasteiger partial charge on any atom is -0.340 e. The van der Waals surface area contributed by atoms with Crippen molar-refractivity contribution < 1.29 is 4.79 Å². The zero-order valence-electron chi connectivity index (χ0n) is 14.0. The number of aromatic nitrogens is 2. The highest BCUT2D eigenvalue weighted by Gasteiger charge is 2.31. The van der Waals surface area contributed by atoms with Crippen LogP contribution >= 0.6 is 0 Å². The van der Waals surface area contributed by atoms with Crippen molar-refractivity contribution in [3.8, 4) is 11.3 Å². The molecule has 1 N–H and O–H groups in total. The number of nitrogens with zero attached hydrogens (tertiary/aromatic N) is 2. The third-order valence-corrected chi connectivity index (χ3v) is 4.82. The van der Waals surface area contributed by atoms with Gasteiger partial charge in [-0.3, -0.25) is 4.79 Å². The summed E-state index contributed by atoms with van der Waals surface area (Å²) in [6.45, 7) is 4.93. The molecule has 1 fully saturated rings. The first-order valence-electron chi connectivity index (χ1n) is 8.61. The molecule has 2 unspecified atom stereocenters. The van der Waals surface area contributed by atoms with Gasteiger partial charge in [-0.25, -0.2) is 4.98 Å². The lowest BCUT2D eigenvalue weighted by Gasteiger charge is -2.36. The third kappa shape index (κ3) is 3.31. The molecular formula is C19H25N3O. The van der Waals surface area contributed by atoms with Crippen molar-refractivity contribution in [2.75, 3.05) is 6.54 Å². The lowest BCUT2D eigenvalue weighted by atomic mass is 9.98. The van der Waals surface area contributed by atoms with Gasteiger partial charge in [0.2, 0.25) is 5.91 Å². The molecule has 2 atom stereocenters. The molecule has 1 aromatic carbocycles. The van der Waals surface area contributed by atoms with E-state index in [-0.39, 0.29) is 17.9 Å². The molecule has 2 aromatic rings. The van der Waals surface area contributed by atoms with Crippen LogP contribution in [0.15, 0.2) is 36.5 Å². The van der Waals surface area contributed by atoms with E-state index in [1.54, 1.807) is 0 Å². The molecule has 4 nitrogen and oxygen atoms in total. The summed E-state index contributed by atoms with van der Waals surface area (Å²) in [7, 11) is 0. The minimum absolute atomic E-state index is 0.0826. The quantitative estimate of drug-likeness (QED) is 0.921. The number of likely N-dealkylation sites (tertiary alicyclic amines) is 1. The predicted octanol–water partition coefficient (Wildman–Crippen LogP) is 4.18. The zero-order valence-corrected chi connectivity index (χ0v) is 14.0. The molecule has 0 aliphatic carbocycles. The second-order valence-electron chi connectivity index (χ2n) is 6.40. The van der Waals surface area contributed by atoms with Crippen LogP contribution in [-0.4, -0.2) is 27.3 Å². The number of rotatable bonds is 4. The molecule has 1 amide bonds. The lowest BCUT2D eigenvalue weighted by molar-refractivity contribution is -0.139. The van der Waals surface area contributed by atoms with Crippen LogP contribution in [0.2, 0.25) is 0 Å². The molecule has 4 heteroatoms. The van der Waals surface area contributed by atoms with Gasteiger partial charge in [-0.2, -0.15) is 0 Å². The van der Waals surface area contributed by atoms with Crippen LogP contribution in [0.1, 0.15) is 51.4 Å². The summed E-state index contributed by atoms with van der Waals surface area (Å²) in [6, 6.07) is 10.3. The topological polar surface area (TPSA) is 49.0 Å². The van der Waals surface area contributed by atoms with E-state index in [1.807, 2.05) is 36.2 Å². The van der Waals surface area contributed by atoms with Crippen molar-refractivity contribution in [2.24, 2.45) is 5.92 Å². The van der Waals surface area contributed by atoms with E-state index < -0.39 is 0 Å². The molecule has 0 saturated carbocycles. The normalized spacial score (nSPS) is 19.6. The summed E-state index contributed by atoms with van der Waals surface area (Å²) in [4.78, 5) is 22.7. The van der Waals surface area contributed by atoms with Crippen LogP contribution in [0.4, 0.5) is 0 Å². The van der Waals surface area contributed by atoms with Crippen molar-refractivity contribution in [1.82, 2.24) is 14.9 Å². The zero-order chi connectivity index (χ0) is 16.2. The molecule has 0 spiro atoms. The maximum absolute atomic E-state index is 12.7. The predicted molar refractivity (Wildman–Crippen MR) is 91.8 cm³/mol. The third-order valence-electron chi connectivity index (χ3n) is 4.82. The van der Waals surface area contributed by atoms with Gasteiger partial charge in [-0.15, -0.1) is 0 Å². The van der Waals surface area contributed by atoms with Gasteiger partial charge in [-0.1, -0.05) is 44.2 Å². The van der Waals surface area contributed by atoms with E-state index in [4.69, 9.17) is 0 Å². The van der Waals surface area contributed by atoms with Gasteiger partial charge < -0.3 is 9.88 Å². The molecule has 3 rings (SSSR count). The highest BCUT2D eigenvalue weighted by atomic mass is 16.2. The van der Waals surface area contributed by atoms with Gasteiger partial charge >= 0.3 is 0 Å². The fourth-order valence-electron chi connectivity index (χ4n) is 3.21. The molecule has 1 saturated heterocycles. The molecule has 2 heterocycles. The SMILES string of the molecule is CCC(C)C(=O)N1CCCCC1c1ncc(-c2ccccc2)[nH]1. The van der Waals surface area contributed by atoms with Crippen LogP contribution in [0.5, 0.6) is 0 Å². The molecule has 1 aliphatic heterocycles. The highest BCUT2D eigenvalue weighted by molar-refractivity contribution is 5.79. The first-order chi connectivity index (χ1) is 11.2. The number of piperidine rings is 1. The first kappa shape index (κ1) is 15.8. The van der Waals surface area contributed by atoms with Crippen LogP contribution in [0.3, 0.4) is 0 Å². The number of carbonyl (C=O) groups is 1. The number of amides is 1. The fraction of sp³-hybridized carbons (Fsp3) is 0.474. The Morgan fingerprint density at radius 2 is 2.13 bits per heavy atom. The van der Waals surface area contributed by atoms with E-state index >= 15 is 0 Å². The van der Waals surface area contributed by atoms with E-state index in [1.165, 1.54) is 0 Å². The molecule has 0 bridgehead atoms. The first-order valence-corrected chi connectivity index (χ1v) is 8.61. The monoisotopic (exact) mass is 311 g/mol. The van der Waals surface area contributed by atoms with E-state index in [0.717, 1.165) is 49.3 Å². The Morgan fingerprint density at radius 3 is 2.87 bits per heavy atom. The van der Waals surface area contributed by atoms with Crippen molar-refractivity contribution >= 4 is 5.91 Å². The summed E-state index contributed by atoms with van der Waals surface area (Å²) >= 11 is 0. The number of hydrogen-bond acceptors (Lipinski definition) is 2. The van der Waals surface area contributed by atoms with Crippen molar-refractivity contribution in [3.05, 3.63) is 42.4 Å². The second kappa shape index (κ2) is 6.99. The van der Waals surface area contributed by atoms with Crippen LogP contribution < -0.4 is 0 Å². The number of hydrogen-bond donors (Lipinski definition) is 1. The number of carbonyl (C=O) groups excluding carboxylic acids is 1. The Morgan fingerprint density at radius 1 is 1.35 bits per heavy atom. The van der Waals surface area contributed by atoms with Gasteiger partial charge in [0.05, 0.1) is 17.9 Å². The van der Waals surface area contributed by atoms with Gasteiger partial charge in [0, 0.05) is 12.5 Å². The molecule has 0 radical (unpaired) electrons. The number of imidazole rings is 1. The number of H-pyrrole nitrogens is 1. The summed E-state index contributed by atoms with van der Waals surface area (Å²) in [5.74, 6) is 1.26. The molecular weight excluding hydrogens is 286 g/mol. The van der Waals surface area contributed by atoms with Crippen molar-refractivity contribution in [1.29, 1.82) is 0 Å². The Bertz CT molecular complexity index is 650. The van der Waals surface area contributed by atoms with Gasteiger partial charge in [0.1, 0.15) is 5.82 Å². The standard InChI is InChI=1S/C19H25N3O/c1-3-14(2)19(23)22-12-8-7-11-17(22)18-20-13-16(21-18)15-9-5-4-6-10-15/h4-6,9-10,13-14,17H,3,7-8,11-12H2,1-2H3,(H,20,21). The Balaban J connectivity index is 1.84. The number of aromatic amines is 1. The maximum Gasteiger partial charge on any atom is 0.226 e. The van der Waals surface area contributed by atoms with Crippen LogP contribution in [0.25, 0.3) is 11.3 Å². The Kier molecular flexibility index (Phi) is 4.79. The number of benzene rings is 1. The minimum atomic E-state index is 0.0826. The van der Waals surface area contributed by atoms with E-state index in [2.05, 4.69) is 29.0 Å². The van der Waals surface area contributed by atoms with Gasteiger partial charge in [-0.05, 0) is 31.2 Å². The largest absolute Gasteiger partial charge is 0.340 e. The molecule has 1 aliphatic rings. The average Bonchev–Trinajstić information content (AvgIpc) is 3.11. The molecule has 23 heavy (non-hydrogen) atoms. The number of nitrogens with one attached hydrogen (secondary N) is 1. The summed E-state index contributed by atoms with van der Waals surface area (Å²) < 4.78 is 0. The lowest BCUT2D eigenvalue weighted by Crippen LogP contribution is -2.41.